The highest BCUT2D eigenvalue weighted by molar-refractivity contribution is 5.91. The molecule has 3 heteroatoms. The van der Waals surface area contributed by atoms with Gasteiger partial charge in [-0.3, -0.25) is 9.59 Å². The van der Waals surface area contributed by atoms with Crippen molar-refractivity contribution in [1.82, 2.24) is 0 Å². The molecule has 0 amide bonds. The second kappa shape index (κ2) is 7.95. The smallest absolute Gasteiger partial charge is 0.306 e. The molecule has 182 valence electrons. The highest BCUT2D eigenvalue weighted by Crippen LogP contribution is 2.65. The molecule has 0 aromatic carbocycles. The van der Waals surface area contributed by atoms with Crippen LogP contribution in [-0.2, 0) is 14.3 Å². The second-order valence-electron chi connectivity index (χ2n) is 13.6. The van der Waals surface area contributed by atoms with Crippen molar-refractivity contribution in [3.8, 4) is 0 Å². The Kier molecular flexibility index (Phi) is 5.39. The fourth-order valence-corrected chi connectivity index (χ4v) is 10.0. The monoisotopic (exact) mass is 452 g/mol. The predicted molar refractivity (Wildman–Crippen MR) is 129 cm³/mol. The van der Waals surface area contributed by atoms with Gasteiger partial charge in [0.25, 0.3) is 0 Å². The second-order valence-corrected chi connectivity index (χ2v) is 13.6. The Morgan fingerprint density at radius 3 is 2.42 bits per heavy atom. The van der Waals surface area contributed by atoms with Gasteiger partial charge >= 0.3 is 5.97 Å². The van der Waals surface area contributed by atoms with Crippen LogP contribution < -0.4 is 0 Å². The first-order chi connectivity index (χ1) is 15.8. The van der Waals surface area contributed by atoms with Gasteiger partial charge in [0.2, 0.25) is 0 Å². The maximum Gasteiger partial charge on any atom is 0.306 e. The molecule has 6 saturated carbocycles. The zero-order valence-corrected chi connectivity index (χ0v) is 21.0. The number of allylic oxidation sites excluding steroid dienone is 1. The van der Waals surface area contributed by atoms with Crippen LogP contribution in [0.15, 0.2) is 11.6 Å². The fraction of sp³-hybridized carbons (Fsp3) is 0.867. The van der Waals surface area contributed by atoms with Crippen molar-refractivity contribution < 1.29 is 14.3 Å². The molecule has 7 aliphatic carbocycles. The maximum atomic E-state index is 13.0. The van der Waals surface area contributed by atoms with Gasteiger partial charge in [-0.25, -0.2) is 0 Å². The van der Waals surface area contributed by atoms with E-state index in [1.54, 1.807) is 0 Å². The summed E-state index contributed by atoms with van der Waals surface area (Å²) in [6, 6.07) is 0. The minimum absolute atomic E-state index is 0.0812. The zero-order valence-electron chi connectivity index (χ0n) is 21.0. The lowest BCUT2D eigenvalue weighted by Crippen LogP contribution is -2.51. The van der Waals surface area contributed by atoms with E-state index in [1.165, 1.54) is 69.8 Å². The van der Waals surface area contributed by atoms with Gasteiger partial charge in [0.15, 0.2) is 5.78 Å². The molecule has 6 fully saturated rings. The average Bonchev–Trinajstić information content (AvgIpc) is 3.15. The summed E-state index contributed by atoms with van der Waals surface area (Å²) in [5.74, 6) is 3.52. The fourth-order valence-electron chi connectivity index (χ4n) is 10.0. The standard InChI is InChI=1S/C30H44O3/c1-28-13-10-22(31)19-21(28)3-4-23-24-5-6-26(29(24,2)14-11-25(23)28)33-27(32)12-18-30-15-7-20(8-16-30)9-17-30/h19-20,23-26H,3-18H2,1-2H3/t20?,23-,24-,25-,26-,28-,29-,30?/m0/s1. The van der Waals surface area contributed by atoms with Gasteiger partial charge in [-0.2, -0.15) is 0 Å². The van der Waals surface area contributed by atoms with Crippen LogP contribution in [0.5, 0.6) is 0 Å². The molecule has 3 nitrogen and oxygen atoms in total. The van der Waals surface area contributed by atoms with Crippen molar-refractivity contribution >= 4 is 11.8 Å². The van der Waals surface area contributed by atoms with Gasteiger partial charge in [0, 0.05) is 18.3 Å². The van der Waals surface area contributed by atoms with E-state index in [-0.39, 0.29) is 22.9 Å². The Bertz CT molecular complexity index is 835. The number of carbonyl (C=O) groups excluding carboxylic acids is 2. The molecule has 0 N–H and O–H groups in total. The largest absolute Gasteiger partial charge is 0.462 e. The van der Waals surface area contributed by atoms with Crippen molar-refractivity contribution in [3.05, 3.63) is 11.6 Å². The summed E-state index contributed by atoms with van der Waals surface area (Å²) < 4.78 is 6.31. The minimum atomic E-state index is 0.0812. The summed E-state index contributed by atoms with van der Waals surface area (Å²) in [7, 11) is 0. The molecule has 0 radical (unpaired) electrons. The van der Waals surface area contributed by atoms with E-state index < -0.39 is 0 Å². The van der Waals surface area contributed by atoms with Crippen LogP contribution in [0.2, 0.25) is 0 Å². The SMILES string of the molecule is C[C@]12CC[C@H]3[C@@H](CCC4=CC(=O)CC[C@@]43C)[C@@H]1CC[C@@H]2OC(=O)CCC12CCC(CC1)CC2. The van der Waals surface area contributed by atoms with Crippen molar-refractivity contribution in [1.29, 1.82) is 0 Å². The lowest BCUT2D eigenvalue weighted by atomic mass is 9.47. The van der Waals surface area contributed by atoms with E-state index in [1.807, 2.05) is 6.08 Å². The van der Waals surface area contributed by atoms with Gasteiger partial charge in [0.05, 0.1) is 0 Å². The molecule has 0 unspecified atom stereocenters. The molecule has 0 aromatic heterocycles. The van der Waals surface area contributed by atoms with E-state index in [0.29, 0.717) is 29.5 Å². The molecule has 2 bridgehead atoms. The van der Waals surface area contributed by atoms with E-state index in [9.17, 15) is 9.59 Å². The van der Waals surface area contributed by atoms with Crippen LogP contribution in [0.3, 0.4) is 0 Å². The van der Waals surface area contributed by atoms with Gasteiger partial charge in [-0.15, -0.1) is 0 Å². The number of rotatable bonds is 4. The molecule has 0 spiro atoms. The molecular weight excluding hydrogens is 408 g/mol. The molecule has 7 rings (SSSR count). The number of ether oxygens (including phenoxy) is 1. The molecule has 0 aliphatic heterocycles. The van der Waals surface area contributed by atoms with Gasteiger partial charge in [-0.1, -0.05) is 19.4 Å². The third-order valence-electron chi connectivity index (χ3n) is 12.3. The van der Waals surface area contributed by atoms with Crippen molar-refractivity contribution in [3.63, 3.8) is 0 Å². The number of hydrogen-bond donors (Lipinski definition) is 0. The molecule has 33 heavy (non-hydrogen) atoms. The third-order valence-corrected chi connectivity index (χ3v) is 12.3. The highest BCUT2D eigenvalue weighted by Gasteiger charge is 2.60. The predicted octanol–water partition coefficient (Wildman–Crippen LogP) is 7.18. The molecule has 0 aromatic rings. The van der Waals surface area contributed by atoms with Crippen LogP contribution in [0.25, 0.3) is 0 Å². The summed E-state index contributed by atoms with van der Waals surface area (Å²) in [6.45, 7) is 4.90. The number of hydrogen-bond acceptors (Lipinski definition) is 3. The highest BCUT2D eigenvalue weighted by atomic mass is 16.5. The Labute approximate surface area is 200 Å². The third kappa shape index (κ3) is 3.57. The summed E-state index contributed by atoms with van der Waals surface area (Å²) in [6.07, 6.45) is 20.8. The zero-order chi connectivity index (χ0) is 22.8. The van der Waals surface area contributed by atoms with Gasteiger partial charge in [0.1, 0.15) is 6.10 Å². The van der Waals surface area contributed by atoms with Gasteiger partial charge < -0.3 is 4.74 Å². The van der Waals surface area contributed by atoms with Crippen molar-refractivity contribution in [2.24, 2.45) is 39.9 Å². The molecular formula is C30H44O3. The van der Waals surface area contributed by atoms with Crippen molar-refractivity contribution in [2.75, 3.05) is 0 Å². The Balaban J connectivity index is 1.11. The van der Waals surface area contributed by atoms with E-state index in [4.69, 9.17) is 4.74 Å². The summed E-state index contributed by atoms with van der Waals surface area (Å²) in [5, 5.41) is 0. The topological polar surface area (TPSA) is 43.4 Å². The number of fused-ring (bicyclic) bond motifs is 8. The minimum Gasteiger partial charge on any atom is -0.462 e. The van der Waals surface area contributed by atoms with Crippen LogP contribution in [0, 0.1) is 39.9 Å². The lowest BCUT2D eigenvalue weighted by Gasteiger charge is -2.57. The normalized spacial score (nSPS) is 48.5. The first kappa shape index (κ1) is 22.4. The van der Waals surface area contributed by atoms with Crippen molar-refractivity contribution in [2.45, 2.75) is 123 Å². The van der Waals surface area contributed by atoms with E-state index >= 15 is 0 Å². The number of carbonyl (C=O) groups is 2. The summed E-state index contributed by atoms with van der Waals surface area (Å²) in [4.78, 5) is 25.1. The number of esters is 1. The lowest BCUT2D eigenvalue weighted by molar-refractivity contribution is -0.161. The van der Waals surface area contributed by atoms with E-state index in [0.717, 1.165) is 43.9 Å². The van der Waals surface area contributed by atoms with Crippen LogP contribution in [0.4, 0.5) is 0 Å². The molecule has 6 atom stereocenters. The molecule has 0 heterocycles. The van der Waals surface area contributed by atoms with Gasteiger partial charge in [-0.05, 0) is 130 Å². The Morgan fingerprint density at radius 1 is 0.909 bits per heavy atom. The first-order valence-electron chi connectivity index (χ1n) is 14.2. The number of ketones is 1. The van der Waals surface area contributed by atoms with E-state index in [2.05, 4.69) is 13.8 Å². The molecule has 7 aliphatic rings. The van der Waals surface area contributed by atoms with Crippen LogP contribution in [-0.4, -0.2) is 17.9 Å². The average molecular weight is 453 g/mol. The summed E-state index contributed by atoms with van der Waals surface area (Å²) >= 11 is 0. The quantitative estimate of drug-likeness (QED) is 0.424. The van der Waals surface area contributed by atoms with Crippen LogP contribution >= 0.6 is 0 Å². The van der Waals surface area contributed by atoms with Crippen LogP contribution in [0.1, 0.15) is 117 Å². The maximum absolute atomic E-state index is 13.0. The summed E-state index contributed by atoms with van der Waals surface area (Å²) in [5.41, 5.74) is 2.28. The Hall–Kier alpha value is -1.12. The first-order valence-corrected chi connectivity index (χ1v) is 14.2. The Morgan fingerprint density at radius 2 is 1.67 bits per heavy atom. The molecule has 0 saturated heterocycles.